The molecule has 0 spiro atoms. The lowest BCUT2D eigenvalue weighted by atomic mass is 11.0. The number of hydrogen-bond donors (Lipinski definition) is 3. The molecule has 0 aromatic carbocycles. The molecule has 0 aromatic rings. The lowest BCUT2D eigenvalue weighted by Gasteiger charge is -1.82. The predicted octanol–water partition coefficient (Wildman–Crippen LogP) is 0.941. The van der Waals surface area contributed by atoms with Crippen LogP contribution in [0.2, 0.25) is 0 Å². The standard InChI is InChI=1S/C2H6.2ClH.H3O4P/c1-2;;;1-5(2,3)4/h1-2H3;2*1H;(H3,1,2,3,4). The Kier molecular flexibility index (Phi) is 28.8. The van der Waals surface area contributed by atoms with Crippen LogP contribution in [0.15, 0.2) is 0 Å². The monoisotopic (exact) mass is 200 g/mol. The van der Waals surface area contributed by atoms with Crippen LogP contribution in [0, 0.1) is 0 Å². The van der Waals surface area contributed by atoms with Gasteiger partial charge >= 0.3 is 7.82 Å². The SMILES string of the molecule is CC.Cl.Cl.O=P(O)(O)O. The Morgan fingerprint density at radius 2 is 1.00 bits per heavy atom. The largest absolute Gasteiger partial charge is 0.466 e. The lowest BCUT2D eigenvalue weighted by molar-refractivity contribution is 0.275. The summed E-state index contributed by atoms with van der Waals surface area (Å²) in [4.78, 5) is 21.6. The second-order valence-electron chi connectivity index (χ2n) is 0.513. The highest BCUT2D eigenvalue weighted by atomic mass is 35.5. The van der Waals surface area contributed by atoms with Gasteiger partial charge in [0.05, 0.1) is 0 Å². The molecule has 4 nitrogen and oxygen atoms in total. The van der Waals surface area contributed by atoms with E-state index in [1.807, 2.05) is 13.8 Å². The van der Waals surface area contributed by atoms with Gasteiger partial charge in [-0.15, -0.1) is 24.8 Å². The van der Waals surface area contributed by atoms with Crippen molar-refractivity contribution in [1.29, 1.82) is 0 Å². The second kappa shape index (κ2) is 11.5. The van der Waals surface area contributed by atoms with Crippen LogP contribution in [0.4, 0.5) is 0 Å². The van der Waals surface area contributed by atoms with E-state index in [-0.39, 0.29) is 24.8 Å². The number of halogens is 2. The molecule has 0 aliphatic rings. The highest BCUT2D eigenvalue weighted by molar-refractivity contribution is 7.45. The van der Waals surface area contributed by atoms with Crippen LogP contribution >= 0.6 is 32.6 Å². The van der Waals surface area contributed by atoms with Crippen LogP contribution in [-0.2, 0) is 4.57 Å². The van der Waals surface area contributed by atoms with Crippen LogP contribution in [0.1, 0.15) is 13.8 Å². The summed E-state index contributed by atoms with van der Waals surface area (Å²) in [6.45, 7) is 4.00. The molecule has 0 fully saturated rings. The van der Waals surface area contributed by atoms with Gasteiger partial charge in [-0.2, -0.15) is 0 Å². The minimum atomic E-state index is -4.64. The molecule has 9 heavy (non-hydrogen) atoms. The Morgan fingerprint density at radius 3 is 1.00 bits per heavy atom. The van der Waals surface area contributed by atoms with Crippen LogP contribution in [0.3, 0.4) is 0 Å². The lowest BCUT2D eigenvalue weighted by Crippen LogP contribution is -1.66. The van der Waals surface area contributed by atoms with Crippen molar-refractivity contribution < 1.29 is 19.2 Å². The van der Waals surface area contributed by atoms with E-state index in [0.717, 1.165) is 0 Å². The summed E-state index contributed by atoms with van der Waals surface area (Å²) in [5.41, 5.74) is 0. The molecule has 0 saturated carbocycles. The molecule has 7 heteroatoms. The topological polar surface area (TPSA) is 77.8 Å². The maximum absolute atomic E-state index is 8.88. The molecule has 3 N–H and O–H groups in total. The van der Waals surface area contributed by atoms with Crippen LogP contribution in [0.25, 0.3) is 0 Å². The summed E-state index contributed by atoms with van der Waals surface area (Å²) >= 11 is 0. The van der Waals surface area contributed by atoms with Gasteiger partial charge in [0.15, 0.2) is 0 Å². The van der Waals surface area contributed by atoms with Crippen molar-refractivity contribution in [3.63, 3.8) is 0 Å². The minimum absolute atomic E-state index is 0. The summed E-state index contributed by atoms with van der Waals surface area (Å²) in [6, 6.07) is 0. The van der Waals surface area contributed by atoms with Gasteiger partial charge < -0.3 is 14.7 Å². The van der Waals surface area contributed by atoms with Crippen molar-refractivity contribution in [1.82, 2.24) is 0 Å². The van der Waals surface area contributed by atoms with Gasteiger partial charge in [-0.3, -0.25) is 0 Å². The average molecular weight is 201 g/mol. The van der Waals surface area contributed by atoms with E-state index < -0.39 is 7.82 Å². The zero-order valence-corrected chi connectivity index (χ0v) is 7.54. The van der Waals surface area contributed by atoms with Crippen molar-refractivity contribution in [3.05, 3.63) is 0 Å². The molecule has 0 rings (SSSR count). The van der Waals surface area contributed by atoms with E-state index in [1.54, 1.807) is 0 Å². The van der Waals surface area contributed by atoms with E-state index in [1.165, 1.54) is 0 Å². The van der Waals surface area contributed by atoms with E-state index in [4.69, 9.17) is 19.2 Å². The molecule has 0 unspecified atom stereocenters. The fourth-order valence-electron chi connectivity index (χ4n) is 0. The molecule has 0 atom stereocenters. The smallest absolute Gasteiger partial charge is 0.303 e. The van der Waals surface area contributed by atoms with Crippen molar-refractivity contribution >= 4 is 32.6 Å². The van der Waals surface area contributed by atoms with E-state index in [2.05, 4.69) is 0 Å². The average Bonchev–Trinajstić information content (AvgIpc) is 1.36. The van der Waals surface area contributed by atoms with E-state index in [9.17, 15) is 0 Å². The highest BCUT2D eigenvalue weighted by Gasteiger charge is 2.00. The molecule has 0 aliphatic heterocycles. The van der Waals surface area contributed by atoms with Gasteiger partial charge in [-0.05, 0) is 0 Å². The quantitative estimate of drug-likeness (QED) is 0.509. The number of hydrogen-bond acceptors (Lipinski definition) is 1. The summed E-state index contributed by atoms with van der Waals surface area (Å²) in [7, 11) is -4.64. The fraction of sp³-hybridized carbons (Fsp3) is 1.00. The van der Waals surface area contributed by atoms with Gasteiger partial charge in [-0.25, -0.2) is 4.57 Å². The van der Waals surface area contributed by atoms with Crippen molar-refractivity contribution in [2.45, 2.75) is 13.8 Å². The summed E-state index contributed by atoms with van der Waals surface area (Å²) in [5.74, 6) is 0. The Hall–Kier alpha value is 0.690. The first-order chi connectivity index (χ1) is 3.00. The van der Waals surface area contributed by atoms with E-state index >= 15 is 0 Å². The number of phosphoric acid groups is 1. The number of rotatable bonds is 0. The Labute approximate surface area is 66.3 Å². The molecule has 0 aromatic heterocycles. The molecule has 0 saturated heterocycles. The molecule has 62 valence electrons. The van der Waals surface area contributed by atoms with Gasteiger partial charge in [0, 0.05) is 0 Å². The maximum Gasteiger partial charge on any atom is 0.466 e. The molecule has 0 heterocycles. The third-order valence-corrected chi connectivity index (χ3v) is 0. The first-order valence-electron chi connectivity index (χ1n) is 1.78. The summed E-state index contributed by atoms with van der Waals surface area (Å²) < 4.78 is 8.88. The third-order valence-electron chi connectivity index (χ3n) is 0. The molecule has 0 bridgehead atoms. The van der Waals surface area contributed by atoms with Crippen molar-refractivity contribution in [2.75, 3.05) is 0 Å². The normalized spacial score (nSPS) is 7.22. The molecular weight excluding hydrogens is 190 g/mol. The molecule has 0 amide bonds. The minimum Gasteiger partial charge on any atom is -0.303 e. The molecule has 0 aliphatic carbocycles. The summed E-state index contributed by atoms with van der Waals surface area (Å²) in [5, 5.41) is 0. The van der Waals surface area contributed by atoms with Crippen molar-refractivity contribution in [3.8, 4) is 0 Å². The van der Waals surface area contributed by atoms with Gasteiger partial charge in [0.2, 0.25) is 0 Å². The zero-order valence-electron chi connectivity index (χ0n) is 5.01. The zero-order chi connectivity index (χ0) is 6.50. The highest BCUT2D eigenvalue weighted by Crippen LogP contribution is 2.25. The van der Waals surface area contributed by atoms with Gasteiger partial charge in [-0.1, -0.05) is 13.8 Å². The van der Waals surface area contributed by atoms with Crippen LogP contribution in [0.5, 0.6) is 0 Å². The van der Waals surface area contributed by atoms with Crippen molar-refractivity contribution in [2.24, 2.45) is 0 Å². The summed E-state index contributed by atoms with van der Waals surface area (Å²) in [6.07, 6.45) is 0. The maximum atomic E-state index is 8.88. The van der Waals surface area contributed by atoms with E-state index in [0.29, 0.717) is 0 Å². The first kappa shape index (κ1) is 22.6. The Bertz CT molecular complexity index is 62.7. The van der Waals surface area contributed by atoms with Gasteiger partial charge in [0.1, 0.15) is 0 Å². The molecule has 0 radical (unpaired) electrons. The predicted molar refractivity (Wildman–Crippen MR) is 40.1 cm³/mol. The first-order valence-corrected chi connectivity index (χ1v) is 3.35. The van der Waals surface area contributed by atoms with Crippen LogP contribution < -0.4 is 0 Å². The van der Waals surface area contributed by atoms with Crippen LogP contribution in [-0.4, -0.2) is 14.7 Å². The second-order valence-corrected chi connectivity index (χ2v) is 1.54. The Balaban J connectivity index is -0.0000000286. The van der Waals surface area contributed by atoms with Gasteiger partial charge in [0.25, 0.3) is 0 Å². The molecular formula is C2H11Cl2O4P. The third kappa shape index (κ3) is 817. The fourth-order valence-corrected chi connectivity index (χ4v) is 0. The Morgan fingerprint density at radius 1 is 1.00 bits per heavy atom.